The Bertz CT molecular complexity index is 1810. The molecule has 0 saturated carbocycles. The van der Waals surface area contributed by atoms with Gasteiger partial charge in [0.15, 0.2) is 11.5 Å². The van der Waals surface area contributed by atoms with Crippen LogP contribution < -0.4 is 19.1 Å². The Kier molecular flexibility index (Phi) is 7.40. The van der Waals surface area contributed by atoms with Crippen LogP contribution in [0.3, 0.4) is 0 Å². The monoisotopic (exact) mass is 557 g/mol. The van der Waals surface area contributed by atoms with E-state index in [1.807, 2.05) is 60.7 Å². The van der Waals surface area contributed by atoms with Crippen LogP contribution in [0.2, 0.25) is 0 Å². The van der Waals surface area contributed by atoms with Gasteiger partial charge in [0.05, 0.1) is 38.3 Å². The predicted molar refractivity (Wildman–Crippen MR) is 160 cm³/mol. The molecule has 1 heterocycles. The molecule has 1 amide bonds. The second-order valence-corrected chi connectivity index (χ2v) is 11.3. The van der Waals surface area contributed by atoms with Gasteiger partial charge in [-0.1, -0.05) is 48.5 Å². The molecule has 4 aromatic carbocycles. The summed E-state index contributed by atoms with van der Waals surface area (Å²) in [5.41, 5.74) is 3.87. The fourth-order valence-electron chi connectivity index (χ4n) is 5.06. The van der Waals surface area contributed by atoms with Gasteiger partial charge < -0.3 is 19.4 Å². The number of nitrogens with zero attached hydrogens (tertiary/aromatic N) is 2. The molecule has 0 aliphatic carbocycles. The van der Waals surface area contributed by atoms with E-state index in [-0.39, 0.29) is 17.8 Å². The molecule has 1 aromatic heterocycles. The quantitative estimate of drug-likeness (QED) is 0.238. The van der Waals surface area contributed by atoms with Crippen LogP contribution in [0.1, 0.15) is 22.8 Å². The highest BCUT2D eigenvalue weighted by atomic mass is 32.2. The summed E-state index contributed by atoms with van der Waals surface area (Å²) in [6.07, 6.45) is 1.12. The minimum Gasteiger partial charge on any atom is -0.493 e. The van der Waals surface area contributed by atoms with Crippen LogP contribution in [0.15, 0.2) is 84.9 Å². The van der Waals surface area contributed by atoms with Gasteiger partial charge in [-0.15, -0.1) is 0 Å². The molecule has 40 heavy (non-hydrogen) atoms. The summed E-state index contributed by atoms with van der Waals surface area (Å²) in [6, 6.07) is 26.2. The maximum atomic E-state index is 13.8. The molecule has 0 atom stereocenters. The number of aromatic nitrogens is 1. The largest absolute Gasteiger partial charge is 0.493 e. The van der Waals surface area contributed by atoms with Crippen molar-refractivity contribution in [2.75, 3.05) is 30.1 Å². The standard InChI is InChI=1S/C31H31N3O5S/c1-5-33-26-14-10-9-13-23(26)24-17-22(15-16-27(24)33)32-31(35)25-18-29(38-2)30(39-3)19-28(25)34(40(4,36)37)20-21-11-7-6-8-12-21/h6-19H,5,20H2,1-4H3,(H,32,35). The van der Waals surface area contributed by atoms with Crippen molar-refractivity contribution in [1.29, 1.82) is 0 Å². The number of carbonyl (C=O) groups is 1. The summed E-state index contributed by atoms with van der Waals surface area (Å²) >= 11 is 0. The summed E-state index contributed by atoms with van der Waals surface area (Å²) in [5.74, 6) is 0.145. The number of hydrogen-bond acceptors (Lipinski definition) is 5. The Balaban J connectivity index is 1.60. The fraction of sp³-hybridized carbons (Fsp3) is 0.194. The Morgan fingerprint density at radius 2 is 1.50 bits per heavy atom. The summed E-state index contributed by atoms with van der Waals surface area (Å²) in [4.78, 5) is 13.8. The van der Waals surface area contributed by atoms with E-state index in [0.717, 1.165) is 40.2 Å². The van der Waals surface area contributed by atoms with Gasteiger partial charge in [0.2, 0.25) is 10.0 Å². The molecule has 0 fully saturated rings. The molecule has 206 valence electrons. The lowest BCUT2D eigenvalue weighted by Crippen LogP contribution is -2.31. The van der Waals surface area contributed by atoms with Gasteiger partial charge in [-0.2, -0.15) is 0 Å². The second kappa shape index (κ2) is 10.9. The summed E-state index contributed by atoms with van der Waals surface area (Å²) in [5, 5.41) is 5.08. The molecular weight excluding hydrogens is 526 g/mol. The van der Waals surface area contributed by atoms with Gasteiger partial charge in [0.25, 0.3) is 5.91 Å². The van der Waals surface area contributed by atoms with Crippen molar-refractivity contribution in [3.05, 3.63) is 96.1 Å². The first-order valence-corrected chi connectivity index (χ1v) is 14.7. The lowest BCUT2D eigenvalue weighted by atomic mass is 10.1. The van der Waals surface area contributed by atoms with Crippen molar-refractivity contribution >= 4 is 49.1 Å². The molecule has 5 rings (SSSR count). The van der Waals surface area contributed by atoms with Crippen LogP contribution in [-0.4, -0.2) is 39.4 Å². The molecule has 0 aliphatic rings. The van der Waals surface area contributed by atoms with E-state index in [9.17, 15) is 13.2 Å². The first-order chi connectivity index (χ1) is 19.2. The molecule has 1 N–H and O–H groups in total. The number of fused-ring (bicyclic) bond motifs is 3. The van der Waals surface area contributed by atoms with E-state index in [1.54, 1.807) is 0 Å². The number of para-hydroxylation sites is 1. The van der Waals surface area contributed by atoms with Crippen LogP contribution in [0.5, 0.6) is 11.5 Å². The molecule has 9 heteroatoms. The number of methoxy groups -OCH3 is 2. The van der Waals surface area contributed by atoms with E-state index >= 15 is 0 Å². The number of benzene rings is 4. The Hall–Kier alpha value is -4.50. The molecule has 8 nitrogen and oxygen atoms in total. The van der Waals surface area contributed by atoms with Gasteiger partial charge >= 0.3 is 0 Å². The SMILES string of the molecule is CCn1c2ccccc2c2cc(NC(=O)c3cc(OC)c(OC)cc3N(Cc3ccccc3)S(C)(=O)=O)ccc21. The number of anilines is 2. The van der Waals surface area contributed by atoms with E-state index in [4.69, 9.17) is 9.47 Å². The zero-order chi connectivity index (χ0) is 28.4. The third kappa shape index (κ3) is 5.08. The molecular formula is C31H31N3O5S. The van der Waals surface area contributed by atoms with Gasteiger partial charge in [0, 0.05) is 40.1 Å². The van der Waals surface area contributed by atoms with E-state index < -0.39 is 15.9 Å². The number of aryl methyl sites for hydroxylation is 1. The molecule has 0 aliphatic heterocycles. The number of hydrogen-bond donors (Lipinski definition) is 1. The van der Waals surface area contributed by atoms with Crippen molar-refractivity contribution in [3.8, 4) is 11.5 Å². The van der Waals surface area contributed by atoms with E-state index in [1.165, 1.54) is 30.7 Å². The van der Waals surface area contributed by atoms with Crippen molar-refractivity contribution in [3.63, 3.8) is 0 Å². The van der Waals surface area contributed by atoms with Crippen molar-refractivity contribution < 1.29 is 22.7 Å². The van der Waals surface area contributed by atoms with Gasteiger partial charge in [0.1, 0.15) is 0 Å². The average molecular weight is 558 g/mol. The highest BCUT2D eigenvalue weighted by molar-refractivity contribution is 7.92. The maximum absolute atomic E-state index is 13.8. The van der Waals surface area contributed by atoms with E-state index in [0.29, 0.717) is 17.2 Å². The Morgan fingerprint density at radius 1 is 0.850 bits per heavy atom. The van der Waals surface area contributed by atoms with Crippen LogP contribution >= 0.6 is 0 Å². The first-order valence-electron chi connectivity index (χ1n) is 12.8. The van der Waals surface area contributed by atoms with Gasteiger partial charge in [-0.25, -0.2) is 8.42 Å². The van der Waals surface area contributed by atoms with E-state index in [2.05, 4.69) is 28.9 Å². The second-order valence-electron chi connectivity index (χ2n) is 9.43. The summed E-state index contributed by atoms with van der Waals surface area (Å²) in [7, 11) is -0.858. The summed E-state index contributed by atoms with van der Waals surface area (Å²) < 4.78 is 40.5. The molecule has 0 radical (unpaired) electrons. The third-order valence-corrected chi connectivity index (χ3v) is 8.06. The highest BCUT2D eigenvalue weighted by Gasteiger charge is 2.27. The number of carbonyl (C=O) groups excluding carboxylic acids is 1. The third-order valence-electron chi connectivity index (χ3n) is 6.93. The topological polar surface area (TPSA) is 89.9 Å². The van der Waals surface area contributed by atoms with Gasteiger partial charge in [-0.3, -0.25) is 9.10 Å². The van der Waals surface area contributed by atoms with Gasteiger partial charge in [-0.05, 0) is 42.8 Å². The van der Waals surface area contributed by atoms with Crippen molar-refractivity contribution in [1.82, 2.24) is 4.57 Å². The molecule has 0 unspecified atom stereocenters. The van der Waals surface area contributed by atoms with Crippen molar-refractivity contribution in [2.45, 2.75) is 20.0 Å². The average Bonchev–Trinajstić information content (AvgIpc) is 3.28. The minimum absolute atomic E-state index is 0.0396. The fourth-order valence-corrected chi connectivity index (χ4v) is 5.95. The predicted octanol–water partition coefficient (Wildman–Crippen LogP) is 6.05. The number of rotatable bonds is 9. The first kappa shape index (κ1) is 27.1. The summed E-state index contributed by atoms with van der Waals surface area (Å²) in [6.45, 7) is 2.95. The lowest BCUT2D eigenvalue weighted by molar-refractivity contribution is 0.102. The Morgan fingerprint density at radius 3 is 2.17 bits per heavy atom. The zero-order valence-electron chi connectivity index (χ0n) is 22.8. The molecule has 5 aromatic rings. The maximum Gasteiger partial charge on any atom is 0.257 e. The number of ether oxygens (including phenoxy) is 2. The van der Waals surface area contributed by atoms with Crippen LogP contribution in [-0.2, 0) is 23.1 Å². The lowest BCUT2D eigenvalue weighted by Gasteiger charge is -2.26. The van der Waals surface area contributed by atoms with Crippen LogP contribution in [0.25, 0.3) is 21.8 Å². The molecule has 0 bridgehead atoms. The highest BCUT2D eigenvalue weighted by Crippen LogP contribution is 2.38. The van der Waals surface area contributed by atoms with Crippen LogP contribution in [0, 0.1) is 0 Å². The molecule has 0 saturated heterocycles. The normalized spacial score (nSPS) is 11.5. The minimum atomic E-state index is -3.79. The number of sulfonamides is 1. The Labute approximate surface area is 233 Å². The zero-order valence-corrected chi connectivity index (χ0v) is 23.7. The molecule has 0 spiro atoms. The van der Waals surface area contributed by atoms with Crippen molar-refractivity contribution in [2.24, 2.45) is 0 Å². The smallest absolute Gasteiger partial charge is 0.257 e. The number of amides is 1. The van der Waals surface area contributed by atoms with Crippen LogP contribution in [0.4, 0.5) is 11.4 Å². The number of nitrogens with one attached hydrogen (secondary N) is 1.